The highest BCUT2D eigenvalue weighted by Gasteiger charge is 2.52. The molecule has 2 N–H and O–H groups in total. The minimum atomic E-state index is -2.60. The molecule has 1 fully saturated rings. The number of nitrogens with zero attached hydrogens (tertiary/aromatic N) is 3. The first kappa shape index (κ1) is 26.1. The third-order valence-electron chi connectivity index (χ3n) is 7.50. The van der Waals surface area contributed by atoms with E-state index in [2.05, 4.69) is 21.5 Å². The fourth-order valence-corrected chi connectivity index (χ4v) is 5.18. The van der Waals surface area contributed by atoms with E-state index in [-0.39, 0.29) is 31.2 Å². The predicted octanol–water partition coefficient (Wildman–Crippen LogP) is 5.03. The summed E-state index contributed by atoms with van der Waals surface area (Å²) in [5, 5.41) is 17.3. The van der Waals surface area contributed by atoms with E-state index in [0.717, 1.165) is 37.0 Å². The number of nitrogens with one attached hydrogen (secondary N) is 1. The van der Waals surface area contributed by atoms with E-state index in [9.17, 15) is 23.1 Å². The van der Waals surface area contributed by atoms with Gasteiger partial charge in [-0.15, -0.1) is 0 Å². The molecule has 10 heteroatoms. The van der Waals surface area contributed by atoms with Crippen molar-refractivity contribution in [3.63, 3.8) is 0 Å². The lowest BCUT2D eigenvalue weighted by atomic mass is 9.87. The molecular formula is C28H31F3N4O3. The molecular weight excluding hydrogens is 497 g/mol. The molecule has 1 atom stereocenters. The first-order valence-corrected chi connectivity index (χ1v) is 12.9. The summed E-state index contributed by atoms with van der Waals surface area (Å²) in [6.07, 6.45) is 0.626. The van der Waals surface area contributed by atoms with Crippen LogP contribution in [0.15, 0.2) is 36.4 Å². The highest BCUT2D eigenvalue weighted by Crippen LogP contribution is 2.53. The summed E-state index contributed by atoms with van der Waals surface area (Å²) >= 11 is 0. The van der Waals surface area contributed by atoms with E-state index in [1.54, 1.807) is 17.8 Å². The van der Waals surface area contributed by atoms with Crippen LogP contribution in [-0.4, -0.2) is 45.4 Å². The minimum absolute atomic E-state index is 0.201. The summed E-state index contributed by atoms with van der Waals surface area (Å²) in [7, 11) is 1.73. The largest absolute Gasteiger partial charge is 0.481 e. The van der Waals surface area contributed by atoms with Gasteiger partial charge in [-0.2, -0.15) is 5.10 Å². The summed E-state index contributed by atoms with van der Waals surface area (Å²) in [6, 6.07) is 9.75. The number of pyridine rings is 1. The number of carboxylic acids is 1. The summed E-state index contributed by atoms with van der Waals surface area (Å²) in [6.45, 7) is 1.30. The lowest BCUT2D eigenvalue weighted by Gasteiger charge is -2.19. The molecule has 0 radical (unpaired) electrons. The van der Waals surface area contributed by atoms with Gasteiger partial charge in [0.15, 0.2) is 0 Å². The maximum atomic E-state index is 14.5. The molecule has 3 heterocycles. The molecule has 0 amide bonds. The van der Waals surface area contributed by atoms with Crippen LogP contribution >= 0.6 is 0 Å². The molecule has 5 rings (SSSR count). The SMILES string of the molecule is Cn1nc(CC(CC(=O)O)c2cc(F)cc(C3(C(F)F)CC3)c2)cc1OCCc1ccc2c(n1)NCCC2. The average molecular weight is 529 g/mol. The van der Waals surface area contributed by atoms with Crippen LogP contribution in [0.3, 0.4) is 0 Å². The van der Waals surface area contributed by atoms with Gasteiger partial charge in [-0.05, 0) is 67.0 Å². The molecule has 7 nitrogen and oxygen atoms in total. The van der Waals surface area contributed by atoms with Crippen molar-refractivity contribution in [3.05, 3.63) is 70.3 Å². The van der Waals surface area contributed by atoms with Crippen LogP contribution in [-0.2, 0) is 36.5 Å². The molecule has 1 aliphatic heterocycles. The normalized spacial score (nSPS) is 16.6. The number of anilines is 1. The van der Waals surface area contributed by atoms with Crippen molar-refractivity contribution in [1.82, 2.24) is 14.8 Å². The third kappa shape index (κ3) is 5.63. The monoisotopic (exact) mass is 528 g/mol. The molecule has 3 aromatic rings. The van der Waals surface area contributed by atoms with Gasteiger partial charge in [0.1, 0.15) is 11.6 Å². The number of halogens is 3. The van der Waals surface area contributed by atoms with Gasteiger partial charge in [0.2, 0.25) is 12.3 Å². The van der Waals surface area contributed by atoms with Gasteiger partial charge < -0.3 is 15.2 Å². The van der Waals surface area contributed by atoms with Crippen LogP contribution in [0.2, 0.25) is 0 Å². The highest BCUT2D eigenvalue weighted by atomic mass is 19.3. The number of aliphatic carboxylic acids is 1. The van der Waals surface area contributed by atoms with Gasteiger partial charge in [0.25, 0.3) is 0 Å². The lowest BCUT2D eigenvalue weighted by Crippen LogP contribution is -2.19. The van der Waals surface area contributed by atoms with E-state index >= 15 is 0 Å². The van der Waals surface area contributed by atoms with E-state index in [0.29, 0.717) is 30.2 Å². The molecule has 2 aliphatic rings. The number of aryl methyl sites for hydroxylation is 2. The quantitative estimate of drug-likeness (QED) is 0.363. The van der Waals surface area contributed by atoms with Crippen molar-refractivity contribution >= 4 is 11.8 Å². The van der Waals surface area contributed by atoms with Crippen LogP contribution in [0, 0.1) is 5.82 Å². The second kappa shape index (κ2) is 10.7. The van der Waals surface area contributed by atoms with Crippen molar-refractivity contribution in [3.8, 4) is 5.88 Å². The molecule has 1 aromatic carbocycles. The van der Waals surface area contributed by atoms with Gasteiger partial charge in [-0.3, -0.25) is 4.79 Å². The summed E-state index contributed by atoms with van der Waals surface area (Å²) in [5.74, 6) is -0.890. The highest BCUT2D eigenvalue weighted by molar-refractivity contribution is 5.68. The number of alkyl halides is 2. The fourth-order valence-electron chi connectivity index (χ4n) is 5.18. The molecule has 1 aliphatic carbocycles. The Hall–Kier alpha value is -3.56. The van der Waals surface area contributed by atoms with Crippen LogP contribution in [0.1, 0.15) is 59.7 Å². The van der Waals surface area contributed by atoms with Gasteiger partial charge in [-0.1, -0.05) is 12.1 Å². The number of rotatable bonds is 11. The number of carboxylic acid groups (broad SMARTS) is 1. The van der Waals surface area contributed by atoms with Crippen molar-refractivity contribution in [2.45, 2.75) is 62.7 Å². The molecule has 0 spiro atoms. The van der Waals surface area contributed by atoms with Gasteiger partial charge in [-0.25, -0.2) is 22.8 Å². The number of carbonyl (C=O) groups is 1. The topological polar surface area (TPSA) is 89.3 Å². The van der Waals surface area contributed by atoms with Crippen molar-refractivity contribution < 1.29 is 27.8 Å². The molecule has 2 aromatic heterocycles. The van der Waals surface area contributed by atoms with Crippen molar-refractivity contribution in [2.75, 3.05) is 18.5 Å². The molecule has 38 heavy (non-hydrogen) atoms. The maximum absolute atomic E-state index is 14.5. The summed E-state index contributed by atoms with van der Waals surface area (Å²) < 4.78 is 49.3. The molecule has 1 saturated carbocycles. The standard InChI is InChI=1S/C28H31F3N4O3/c1-35-24(38-10-6-22-5-4-17-3-2-9-32-26(17)33-22)16-23(34-35)13-19(14-25(36)37)18-11-20(15-21(29)12-18)28(7-8-28)27(30)31/h4-5,11-12,15-16,19,27H,2-3,6-10,13-14H2,1H3,(H,32,33)(H,36,37). The zero-order chi connectivity index (χ0) is 26.9. The van der Waals surface area contributed by atoms with E-state index in [4.69, 9.17) is 4.74 Å². The molecule has 0 saturated heterocycles. The van der Waals surface area contributed by atoms with Crippen LogP contribution in [0.25, 0.3) is 0 Å². The smallest absolute Gasteiger partial charge is 0.303 e. The van der Waals surface area contributed by atoms with Crippen LogP contribution in [0.5, 0.6) is 5.88 Å². The Morgan fingerprint density at radius 3 is 2.76 bits per heavy atom. The van der Waals surface area contributed by atoms with Gasteiger partial charge in [0.05, 0.1) is 24.1 Å². The van der Waals surface area contributed by atoms with Gasteiger partial charge >= 0.3 is 5.97 Å². The Kier molecular flexibility index (Phi) is 7.32. The van der Waals surface area contributed by atoms with Crippen LogP contribution in [0.4, 0.5) is 19.0 Å². The van der Waals surface area contributed by atoms with E-state index < -0.39 is 29.5 Å². The molecule has 0 bridgehead atoms. The zero-order valence-corrected chi connectivity index (χ0v) is 21.2. The Morgan fingerprint density at radius 1 is 1.21 bits per heavy atom. The van der Waals surface area contributed by atoms with Gasteiger partial charge in [0, 0.05) is 37.7 Å². The summed E-state index contributed by atoms with van der Waals surface area (Å²) in [4.78, 5) is 16.3. The van der Waals surface area contributed by atoms with E-state index in [1.165, 1.54) is 17.7 Å². The zero-order valence-electron chi connectivity index (χ0n) is 21.2. The average Bonchev–Trinajstić information content (AvgIpc) is 3.63. The third-order valence-corrected chi connectivity index (χ3v) is 7.50. The Labute approximate surface area is 219 Å². The predicted molar refractivity (Wildman–Crippen MR) is 135 cm³/mol. The Balaban J connectivity index is 1.28. The Morgan fingerprint density at radius 2 is 2.03 bits per heavy atom. The van der Waals surface area contributed by atoms with Crippen molar-refractivity contribution in [2.24, 2.45) is 7.05 Å². The number of fused-ring (bicyclic) bond motifs is 1. The number of ether oxygens (including phenoxy) is 1. The molecule has 202 valence electrons. The second-order valence-corrected chi connectivity index (χ2v) is 10.3. The fraction of sp³-hybridized carbons (Fsp3) is 0.464. The maximum Gasteiger partial charge on any atom is 0.303 e. The number of hydrogen-bond donors (Lipinski definition) is 2. The minimum Gasteiger partial charge on any atom is -0.481 e. The lowest BCUT2D eigenvalue weighted by molar-refractivity contribution is -0.137. The first-order chi connectivity index (χ1) is 18.2. The summed E-state index contributed by atoms with van der Waals surface area (Å²) in [5.41, 5.74) is 2.00. The second-order valence-electron chi connectivity index (χ2n) is 10.3. The van der Waals surface area contributed by atoms with Crippen LogP contribution < -0.4 is 10.1 Å². The number of aromatic nitrogens is 3. The number of hydrogen-bond acceptors (Lipinski definition) is 5. The number of benzene rings is 1. The van der Waals surface area contributed by atoms with Crippen molar-refractivity contribution in [1.29, 1.82) is 0 Å². The Bertz CT molecular complexity index is 1320. The first-order valence-electron chi connectivity index (χ1n) is 12.9. The molecule has 1 unspecified atom stereocenters. The van der Waals surface area contributed by atoms with E-state index in [1.807, 2.05) is 6.07 Å².